The fraction of sp³-hybridized carbons (Fsp3) is 0.0667. The van der Waals surface area contributed by atoms with E-state index in [4.69, 9.17) is 10.5 Å². The second kappa shape index (κ2) is 7.03. The van der Waals surface area contributed by atoms with Gasteiger partial charge in [-0.25, -0.2) is 4.79 Å². The zero-order valence-corrected chi connectivity index (χ0v) is 11.9. The van der Waals surface area contributed by atoms with Crippen molar-refractivity contribution in [3.05, 3.63) is 64.2 Å². The number of nitrogens with one attached hydrogen (secondary N) is 1. The monoisotopic (exact) mass is 315 g/mol. The van der Waals surface area contributed by atoms with Gasteiger partial charge in [-0.2, -0.15) is 0 Å². The number of anilines is 2. The summed E-state index contributed by atoms with van der Waals surface area (Å²) in [6, 6.07) is 11.7. The summed E-state index contributed by atoms with van der Waals surface area (Å²) in [6.45, 7) is -0.532. The minimum Gasteiger partial charge on any atom is -0.452 e. The highest BCUT2D eigenvalue weighted by Gasteiger charge is 2.13. The van der Waals surface area contributed by atoms with Crippen molar-refractivity contribution in [3.8, 4) is 0 Å². The van der Waals surface area contributed by atoms with Crippen LogP contribution in [0.1, 0.15) is 10.4 Å². The number of nitro groups is 1. The van der Waals surface area contributed by atoms with Gasteiger partial charge in [-0.1, -0.05) is 18.2 Å². The van der Waals surface area contributed by atoms with Gasteiger partial charge < -0.3 is 15.8 Å². The Morgan fingerprint density at radius 2 is 1.91 bits per heavy atom. The Bertz CT molecular complexity index is 760. The Morgan fingerprint density at radius 3 is 2.61 bits per heavy atom. The molecule has 0 saturated carbocycles. The lowest BCUT2D eigenvalue weighted by Crippen LogP contribution is -2.21. The smallest absolute Gasteiger partial charge is 0.340 e. The number of carbonyl (C=O) groups excluding carboxylic acids is 2. The Kier molecular flexibility index (Phi) is 4.88. The lowest BCUT2D eigenvalue weighted by Gasteiger charge is -2.07. The summed E-state index contributed by atoms with van der Waals surface area (Å²) in [6.07, 6.45) is 0. The Morgan fingerprint density at radius 1 is 1.17 bits per heavy atom. The summed E-state index contributed by atoms with van der Waals surface area (Å²) in [5.41, 5.74) is 6.12. The fourth-order valence-corrected chi connectivity index (χ4v) is 1.79. The quantitative estimate of drug-likeness (QED) is 0.376. The molecule has 1 amide bonds. The molecule has 0 radical (unpaired) electrons. The van der Waals surface area contributed by atoms with Gasteiger partial charge in [-0.15, -0.1) is 0 Å². The third kappa shape index (κ3) is 4.27. The number of carbonyl (C=O) groups is 2. The number of amides is 1. The summed E-state index contributed by atoms with van der Waals surface area (Å²) in [5, 5.41) is 13.1. The van der Waals surface area contributed by atoms with E-state index in [2.05, 4.69) is 5.32 Å². The van der Waals surface area contributed by atoms with Gasteiger partial charge in [0.1, 0.15) is 0 Å². The van der Waals surface area contributed by atoms with Gasteiger partial charge in [0.15, 0.2) is 6.61 Å². The molecule has 0 aliphatic rings. The number of nitrogen functional groups attached to an aromatic ring is 1. The summed E-state index contributed by atoms with van der Waals surface area (Å²) >= 11 is 0. The average molecular weight is 315 g/mol. The van der Waals surface area contributed by atoms with Gasteiger partial charge in [0.2, 0.25) is 0 Å². The maximum Gasteiger partial charge on any atom is 0.340 e. The molecule has 0 fully saturated rings. The molecule has 0 spiro atoms. The zero-order valence-electron chi connectivity index (χ0n) is 11.9. The van der Waals surface area contributed by atoms with Crippen LogP contribution in [0.15, 0.2) is 48.5 Å². The number of esters is 1. The topological polar surface area (TPSA) is 125 Å². The summed E-state index contributed by atoms with van der Waals surface area (Å²) < 4.78 is 4.86. The summed E-state index contributed by atoms with van der Waals surface area (Å²) in [7, 11) is 0. The van der Waals surface area contributed by atoms with E-state index in [1.165, 1.54) is 30.3 Å². The van der Waals surface area contributed by atoms with Crippen LogP contribution in [0.5, 0.6) is 0 Å². The Balaban J connectivity index is 1.93. The molecule has 8 heteroatoms. The lowest BCUT2D eigenvalue weighted by atomic mass is 10.2. The van der Waals surface area contributed by atoms with Gasteiger partial charge >= 0.3 is 5.97 Å². The molecule has 0 bridgehead atoms. The standard InChI is InChI=1S/C15H13N3O5/c16-13-7-2-1-6-12(13)15(20)23-9-14(19)17-10-4-3-5-11(8-10)18(21)22/h1-8H,9,16H2,(H,17,19). The minimum atomic E-state index is -0.725. The van der Waals surface area contributed by atoms with Gasteiger partial charge in [-0.05, 0) is 18.2 Å². The van der Waals surface area contributed by atoms with Crippen molar-refractivity contribution in [1.29, 1.82) is 0 Å². The average Bonchev–Trinajstić information content (AvgIpc) is 2.53. The Labute approximate surface area is 131 Å². The number of nitro benzene ring substituents is 1. The molecule has 8 nitrogen and oxygen atoms in total. The predicted octanol–water partition coefficient (Wildman–Crippen LogP) is 1.97. The molecule has 0 heterocycles. The van der Waals surface area contributed by atoms with Crippen LogP contribution in [0.25, 0.3) is 0 Å². The normalized spacial score (nSPS) is 9.91. The first-order valence-electron chi connectivity index (χ1n) is 6.53. The van der Waals surface area contributed by atoms with Crippen molar-refractivity contribution < 1.29 is 19.2 Å². The fourth-order valence-electron chi connectivity index (χ4n) is 1.79. The van der Waals surface area contributed by atoms with Gasteiger partial charge in [0.05, 0.1) is 10.5 Å². The second-order valence-corrected chi connectivity index (χ2v) is 4.52. The van der Waals surface area contributed by atoms with Crippen molar-refractivity contribution in [2.24, 2.45) is 0 Å². The first-order valence-corrected chi connectivity index (χ1v) is 6.53. The highest BCUT2D eigenvalue weighted by molar-refractivity contribution is 5.98. The van der Waals surface area contributed by atoms with Crippen LogP contribution in [0.3, 0.4) is 0 Å². The van der Waals surface area contributed by atoms with Crippen molar-refractivity contribution in [2.75, 3.05) is 17.7 Å². The molecule has 3 N–H and O–H groups in total. The van der Waals surface area contributed by atoms with Crippen LogP contribution in [-0.2, 0) is 9.53 Å². The minimum absolute atomic E-state index is 0.156. The number of para-hydroxylation sites is 1. The molecule has 23 heavy (non-hydrogen) atoms. The number of rotatable bonds is 5. The zero-order chi connectivity index (χ0) is 16.8. The molecule has 0 atom stereocenters. The first-order chi connectivity index (χ1) is 11.0. The van der Waals surface area contributed by atoms with Crippen LogP contribution in [-0.4, -0.2) is 23.4 Å². The molecule has 0 unspecified atom stereocenters. The number of ether oxygens (including phenoxy) is 1. The van der Waals surface area contributed by atoms with Gasteiger partial charge in [0, 0.05) is 23.5 Å². The molecule has 0 aliphatic carbocycles. The van der Waals surface area contributed by atoms with E-state index in [1.54, 1.807) is 18.2 Å². The van der Waals surface area contributed by atoms with Crippen molar-refractivity contribution >= 4 is 28.9 Å². The van der Waals surface area contributed by atoms with Crippen molar-refractivity contribution in [2.45, 2.75) is 0 Å². The third-order valence-corrected chi connectivity index (χ3v) is 2.86. The van der Waals surface area contributed by atoms with Gasteiger partial charge in [-0.3, -0.25) is 14.9 Å². The number of benzene rings is 2. The highest BCUT2D eigenvalue weighted by Crippen LogP contribution is 2.17. The first kappa shape index (κ1) is 16.0. The molecule has 2 rings (SSSR count). The van der Waals surface area contributed by atoms with Crippen LogP contribution < -0.4 is 11.1 Å². The predicted molar refractivity (Wildman–Crippen MR) is 82.9 cm³/mol. The van der Waals surface area contributed by atoms with E-state index in [0.29, 0.717) is 0 Å². The molecule has 2 aromatic rings. The molecule has 0 aromatic heterocycles. The maximum absolute atomic E-state index is 11.8. The number of nitrogens with two attached hydrogens (primary N) is 1. The van der Waals surface area contributed by atoms with Gasteiger partial charge in [0.25, 0.3) is 11.6 Å². The van der Waals surface area contributed by atoms with Crippen LogP contribution >= 0.6 is 0 Å². The lowest BCUT2D eigenvalue weighted by molar-refractivity contribution is -0.384. The Hall–Kier alpha value is -3.42. The number of non-ortho nitro benzene ring substituents is 1. The van der Waals surface area contributed by atoms with Crippen molar-refractivity contribution in [1.82, 2.24) is 0 Å². The van der Waals surface area contributed by atoms with Crippen LogP contribution in [0.4, 0.5) is 17.1 Å². The molecule has 0 saturated heterocycles. The largest absolute Gasteiger partial charge is 0.452 e. The highest BCUT2D eigenvalue weighted by atomic mass is 16.6. The molecule has 118 valence electrons. The van der Waals surface area contributed by atoms with Crippen molar-refractivity contribution in [3.63, 3.8) is 0 Å². The maximum atomic E-state index is 11.8. The second-order valence-electron chi connectivity index (χ2n) is 4.52. The van der Waals surface area contributed by atoms with E-state index in [0.717, 1.165) is 0 Å². The number of hydrogen-bond donors (Lipinski definition) is 2. The number of hydrogen-bond acceptors (Lipinski definition) is 6. The summed E-state index contributed by atoms with van der Waals surface area (Å²) in [5.74, 6) is -1.34. The summed E-state index contributed by atoms with van der Waals surface area (Å²) in [4.78, 5) is 33.6. The molecule has 2 aromatic carbocycles. The SMILES string of the molecule is Nc1ccccc1C(=O)OCC(=O)Nc1cccc([N+](=O)[O-])c1. The molecular weight excluding hydrogens is 302 g/mol. The number of nitrogens with zero attached hydrogens (tertiary/aromatic N) is 1. The van der Waals surface area contributed by atoms with Crippen LogP contribution in [0, 0.1) is 10.1 Å². The third-order valence-electron chi connectivity index (χ3n) is 2.86. The van der Waals surface area contributed by atoms with E-state index in [-0.39, 0.29) is 22.6 Å². The van der Waals surface area contributed by atoms with E-state index in [1.807, 2.05) is 0 Å². The van der Waals surface area contributed by atoms with Crippen LogP contribution in [0.2, 0.25) is 0 Å². The molecular formula is C15H13N3O5. The molecule has 0 aliphatic heterocycles. The van der Waals surface area contributed by atoms with E-state index in [9.17, 15) is 19.7 Å². The van der Waals surface area contributed by atoms with E-state index >= 15 is 0 Å². The van der Waals surface area contributed by atoms with E-state index < -0.39 is 23.4 Å².